The average molecular weight is 333 g/mol. The zero-order chi connectivity index (χ0) is 17.3. The zero-order valence-corrected chi connectivity index (χ0v) is 14.2. The van der Waals surface area contributed by atoms with E-state index in [-0.39, 0.29) is 35.8 Å². The van der Waals surface area contributed by atoms with Gasteiger partial charge in [-0.2, -0.15) is 0 Å². The molecule has 2 atom stereocenters. The molecule has 1 aliphatic heterocycles. The quantitative estimate of drug-likeness (QED) is 0.923. The summed E-state index contributed by atoms with van der Waals surface area (Å²) in [5.74, 6) is 0.118. The molecule has 1 aromatic carbocycles. The Morgan fingerprint density at radius 1 is 1.21 bits per heavy atom. The summed E-state index contributed by atoms with van der Waals surface area (Å²) in [7, 11) is 1.82. The fraction of sp³-hybridized carbons (Fsp3) is 0.556. The van der Waals surface area contributed by atoms with E-state index in [1.54, 1.807) is 24.0 Å². The molecule has 5 nitrogen and oxygen atoms in total. The first-order chi connectivity index (χ1) is 11.5. The predicted molar refractivity (Wildman–Crippen MR) is 89.1 cm³/mol. The molecule has 130 valence electrons. The van der Waals surface area contributed by atoms with Gasteiger partial charge in [-0.15, -0.1) is 0 Å². The van der Waals surface area contributed by atoms with Crippen molar-refractivity contribution in [2.24, 2.45) is 0 Å². The summed E-state index contributed by atoms with van der Waals surface area (Å²) in [5.41, 5.74) is 1.07. The lowest BCUT2D eigenvalue weighted by Crippen LogP contribution is -2.50. The molecule has 3 amide bonds. The van der Waals surface area contributed by atoms with Gasteiger partial charge < -0.3 is 15.1 Å². The van der Waals surface area contributed by atoms with Gasteiger partial charge in [0.1, 0.15) is 5.82 Å². The molecule has 24 heavy (non-hydrogen) atoms. The van der Waals surface area contributed by atoms with Gasteiger partial charge in [0, 0.05) is 45.1 Å². The Bertz CT molecular complexity index is 611. The highest BCUT2D eigenvalue weighted by Gasteiger charge is 2.40. The molecular weight excluding hydrogens is 309 g/mol. The molecule has 0 radical (unpaired) electrons. The van der Waals surface area contributed by atoms with Gasteiger partial charge in [-0.25, -0.2) is 9.18 Å². The number of likely N-dealkylation sites (tertiary alicyclic amines) is 1. The lowest BCUT2D eigenvalue weighted by atomic mass is 10.0. The summed E-state index contributed by atoms with van der Waals surface area (Å²) >= 11 is 0. The first-order valence-corrected chi connectivity index (χ1v) is 8.50. The minimum absolute atomic E-state index is 0.0338. The van der Waals surface area contributed by atoms with Gasteiger partial charge in [0.2, 0.25) is 5.91 Å². The molecule has 1 aliphatic carbocycles. The average Bonchev–Trinajstić information content (AvgIpc) is 3.34. The van der Waals surface area contributed by atoms with Gasteiger partial charge in [0.25, 0.3) is 0 Å². The summed E-state index contributed by atoms with van der Waals surface area (Å²) in [6.07, 6.45) is 2.53. The largest absolute Gasteiger partial charge is 0.343 e. The number of nitrogens with one attached hydrogen (secondary N) is 1. The van der Waals surface area contributed by atoms with Crippen molar-refractivity contribution < 1.29 is 14.0 Å². The van der Waals surface area contributed by atoms with E-state index in [1.807, 2.05) is 11.9 Å². The summed E-state index contributed by atoms with van der Waals surface area (Å²) in [5, 5.41) is 3.07. The second-order valence-electron chi connectivity index (χ2n) is 6.80. The van der Waals surface area contributed by atoms with Crippen molar-refractivity contribution in [3.05, 3.63) is 35.6 Å². The van der Waals surface area contributed by atoms with Gasteiger partial charge in [0.05, 0.1) is 0 Å². The Balaban J connectivity index is 1.46. The SMILES string of the molecule is CC(=O)N(C)C1CCN(C(=O)N[C@H]2C[C@@H]2c2ccc(F)cc2)CC1. The van der Waals surface area contributed by atoms with Crippen LogP contribution in [-0.4, -0.2) is 54.0 Å². The van der Waals surface area contributed by atoms with Gasteiger partial charge in [-0.3, -0.25) is 4.79 Å². The van der Waals surface area contributed by atoms with Crippen molar-refractivity contribution in [3.63, 3.8) is 0 Å². The van der Waals surface area contributed by atoms with Crippen LogP contribution < -0.4 is 5.32 Å². The van der Waals surface area contributed by atoms with E-state index in [0.29, 0.717) is 13.1 Å². The number of piperidine rings is 1. The maximum absolute atomic E-state index is 13.0. The Hall–Kier alpha value is -2.11. The molecule has 0 bridgehead atoms. The third-order valence-electron chi connectivity index (χ3n) is 5.19. The number of carbonyl (C=O) groups is 2. The number of amides is 3. The monoisotopic (exact) mass is 333 g/mol. The normalized spacial score (nSPS) is 23.7. The highest BCUT2D eigenvalue weighted by molar-refractivity contribution is 5.75. The van der Waals surface area contributed by atoms with Crippen molar-refractivity contribution in [1.29, 1.82) is 0 Å². The molecule has 1 saturated carbocycles. The summed E-state index contributed by atoms with van der Waals surface area (Å²) in [4.78, 5) is 27.4. The second kappa shape index (κ2) is 6.79. The van der Waals surface area contributed by atoms with E-state index in [1.165, 1.54) is 12.1 Å². The number of urea groups is 1. The summed E-state index contributed by atoms with van der Waals surface area (Å²) in [6.45, 7) is 2.91. The van der Waals surface area contributed by atoms with Crippen LogP contribution in [0.15, 0.2) is 24.3 Å². The molecule has 1 heterocycles. The molecule has 0 aromatic heterocycles. The number of benzene rings is 1. The zero-order valence-electron chi connectivity index (χ0n) is 14.2. The molecular formula is C18H24FN3O2. The van der Waals surface area contributed by atoms with Crippen LogP contribution in [0.5, 0.6) is 0 Å². The molecule has 2 fully saturated rings. The Kier molecular flexibility index (Phi) is 4.73. The van der Waals surface area contributed by atoms with Crippen molar-refractivity contribution in [3.8, 4) is 0 Å². The Morgan fingerprint density at radius 3 is 2.42 bits per heavy atom. The molecule has 1 aromatic rings. The van der Waals surface area contributed by atoms with Crippen LogP contribution in [0.3, 0.4) is 0 Å². The second-order valence-corrected chi connectivity index (χ2v) is 6.80. The maximum Gasteiger partial charge on any atom is 0.317 e. The fourth-order valence-corrected chi connectivity index (χ4v) is 3.40. The lowest BCUT2D eigenvalue weighted by Gasteiger charge is -2.36. The van der Waals surface area contributed by atoms with Gasteiger partial charge in [-0.05, 0) is 37.0 Å². The van der Waals surface area contributed by atoms with Crippen LogP contribution in [0.4, 0.5) is 9.18 Å². The number of hydrogen-bond donors (Lipinski definition) is 1. The van der Waals surface area contributed by atoms with Crippen LogP contribution >= 0.6 is 0 Å². The molecule has 0 spiro atoms. The standard InChI is InChI=1S/C18H24FN3O2/c1-12(23)21(2)15-7-9-22(10-8-15)18(24)20-17-11-16(17)13-3-5-14(19)6-4-13/h3-6,15-17H,7-11H2,1-2H3,(H,20,24)/t16-,17+/m1/s1. The highest BCUT2D eigenvalue weighted by Crippen LogP contribution is 2.40. The van der Waals surface area contributed by atoms with Crippen molar-refractivity contribution in [2.45, 2.75) is 44.2 Å². The van der Waals surface area contributed by atoms with E-state index in [0.717, 1.165) is 24.8 Å². The number of carbonyl (C=O) groups excluding carboxylic acids is 2. The summed E-state index contributed by atoms with van der Waals surface area (Å²) < 4.78 is 13.0. The Morgan fingerprint density at radius 2 is 1.83 bits per heavy atom. The first-order valence-electron chi connectivity index (χ1n) is 8.50. The molecule has 3 rings (SSSR count). The van der Waals surface area contributed by atoms with Crippen LogP contribution in [0.1, 0.15) is 37.7 Å². The highest BCUT2D eigenvalue weighted by atomic mass is 19.1. The third-order valence-corrected chi connectivity index (χ3v) is 5.19. The molecule has 2 aliphatic rings. The number of hydrogen-bond acceptors (Lipinski definition) is 2. The van der Waals surface area contributed by atoms with E-state index < -0.39 is 0 Å². The van der Waals surface area contributed by atoms with Crippen LogP contribution in [0, 0.1) is 5.82 Å². The smallest absolute Gasteiger partial charge is 0.317 e. The van der Waals surface area contributed by atoms with Crippen LogP contribution in [-0.2, 0) is 4.79 Å². The Labute approximate surface area is 141 Å². The van der Waals surface area contributed by atoms with Crippen LogP contribution in [0.25, 0.3) is 0 Å². The van der Waals surface area contributed by atoms with Crippen molar-refractivity contribution in [1.82, 2.24) is 15.1 Å². The first kappa shape index (κ1) is 16.7. The van der Waals surface area contributed by atoms with E-state index in [2.05, 4.69) is 5.32 Å². The molecule has 6 heteroatoms. The number of halogens is 1. The summed E-state index contributed by atoms with van der Waals surface area (Å²) in [6, 6.07) is 6.82. The minimum atomic E-state index is -0.238. The predicted octanol–water partition coefficient (Wildman–Crippen LogP) is 2.33. The molecule has 1 saturated heterocycles. The van der Waals surface area contributed by atoms with Crippen molar-refractivity contribution in [2.75, 3.05) is 20.1 Å². The molecule has 0 unspecified atom stereocenters. The maximum atomic E-state index is 13.0. The molecule has 1 N–H and O–H groups in total. The van der Waals surface area contributed by atoms with Crippen LogP contribution in [0.2, 0.25) is 0 Å². The minimum Gasteiger partial charge on any atom is -0.343 e. The van der Waals surface area contributed by atoms with Gasteiger partial charge in [-0.1, -0.05) is 12.1 Å². The fourth-order valence-electron chi connectivity index (χ4n) is 3.40. The lowest BCUT2D eigenvalue weighted by molar-refractivity contribution is -0.130. The third kappa shape index (κ3) is 3.68. The van der Waals surface area contributed by atoms with Crippen molar-refractivity contribution >= 4 is 11.9 Å². The van der Waals surface area contributed by atoms with Gasteiger partial charge >= 0.3 is 6.03 Å². The number of rotatable bonds is 3. The van der Waals surface area contributed by atoms with E-state index >= 15 is 0 Å². The van der Waals surface area contributed by atoms with Gasteiger partial charge in [0.15, 0.2) is 0 Å². The number of nitrogens with zero attached hydrogens (tertiary/aromatic N) is 2. The van der Waals surface area contributed by atoms with E-state index in [9.17, 15) is 14.0 Å². The topological polar surface area (TPSA) is 52.7 Å². The van der Waals surface area contributed by atoms with E-state index in [4.69, 9.17) is 0 Å².